The van der Waals surface area contributed by atoms with Crippen molar-refractivity contribution in [3.63, 3.8) is 0 Å². The number of allylic oxidation sites excluding steroid dienone is 6. The second-order valence-corrected chi connectivity index (χ2v) is 8.41. The number of rotatable bonds is 10. The average molecular weight is 461 g/mol. The predicted octanol–water partition coefficient (Wildman–Crippen LogP) is 4.06. The lowest BCUT2D eigenvalue weighted by molar-refractivity contribution is -0.133. The topological polar surface area (TPSA) is 48.4 Å². The lowest BCUT2D eigenvalue weighted by atomic mass is 10.0. The third kappa shape index (κ3) is 7.41. The number of aliphatic imine (C=N–C) groups is 1. The molecule has 0 N–H and O–H groups in total. The van der Waals surface area contributed by atoms with Crippen molar-refractivity contribution in [3.05, 3.63) is 72.2 Å². The summed E-state index contributed by atoms with van der Waals surface area (Å²) in [6, 6.07) is 7.82. The van der Waals surface area contributed by atoms with Gasteiger partial charge in [-0.3, -0.25) is 4.79 Å². The Morgan fingerprint density at radius 2 is 1.85 bits per heavy atom. The van der Waals surface area contributed by atoms with Crippen LogP contribution in [0.1, 0.15) is 19.4 Å². The molecular formula is C28H36N4O2. The molecule has 1 heterocycles. The molecule has 0 atom stereocenters. The zero-order valence-corrected chi connectivity index (χ0v) is 20.8. The predicted molar refractivity (Wildman–Crippen MR) is 141 cm³/mol. The van der Waals surface area contributed by atoms with Crippen molar-refractivity contribution in [1.82, 2.24) is 14.7 Å². The van der Waals surface area contributed by atoms with E-state index in [4.69, 9.17) is 11.2 Å². The summed E-state index contributed by atoms with van der Waals surface area (Å²) in [5.74, 6) is 4.37. The molecular weight excluding hydrogens is 424 g/mol. The smallest absolute Gasteiger partial charge is 0.242 e. The number of hydrogen-bond acceptors (Lipinski definition) is 5. The van der Waals surface area contributed by atoms with Gasteiger partial charge in [-0.15, -0.1) is 6.42 Å². The summed E-state index contributed by atoms with van der Waals surface area (Å²) in [5, 5.41) is 0. The summed E-state index contributed by atoms with van der Waals surface area (Å²) in [7, 11) is 3.61. The molecule has 0 radical (unpaired) electrons. The molecule has 6 nitrogen and oxygen atoms in total. The van der Waals surface area contributed by atoms with Crippen molar-refractivity contribution in [2.45, 2.75) is 13.8 Å². The minimum absolute atomic E-state index is 0.105. The van der Waals surface area contributed by atoms with E-state index in [2.05, 4.69) is 49.0 Å². The monoisotopic (exact) mass is 460 g/mol. The number of hydrogen-bond donors (Lipinski definition) is 0. The van der Waals surface area contributed by atoms with Crippen LogP contribution < -0.4 is 4.74 Å². The maximum absolute atomic E-state index is 13.0. The lowest BCUT2D eigenvalue weighted by Crippen LogP contribution is -2.50. The van der Waals surface area contributed by atoms with E-state index in [1.54, 1.807) is 19.3 Å². The molecule has 0 aliphatic carbocycles. The number of likely N-dealkylation sites (N-methyl/N-ethyl adjacent to an activating group) is 1. The molecule has 1 saturated heterocycles. The Balaban J connectivity index is 2.01. The van der Waals surface area contributed by atoms with Crippen LogP contribution in [0.3, 0.4) is 0 Å². The Labute approximate surface area is 204 Å². The number of amides is 1. The number of ether oxygens (including phenoxy) is 1. The summed E-state index contributed by atoms with van der Waals surface area (Å²) >= 11 is 0. The molecule has 1 fully saturated rings. The Kier molecular flexibility index (Phi) is 10.2. The van der Waals surface area contributed by atoms with Crippen LogP contribution in [0.15, 0.2) is 71.7 Å². The standard InChI is InChI=1S/C28H36N4O2/c1-8-9-10-11-27(29-5)31-16-18-32(19-17-31)28(33)21-30(6)26(22(2)3)20-23(4)24-12-14-25(34-7)15-13-24/h1,9-15,20,22H,4-5,16-19,21H2,2-3,6-7H3/b10-9-,26-20-,27-11+. The summed E-state index contributed by atoms with van der Waals surface area (Å²) in [6.07, 6.45) is 12.5. The van der Waals surface area contributed by atoms with E-state index in [1.807, 2.05) is 47.2 Å². The summed E-state index contributed by atoms with van der Waals surface area (Å²) < 4.78 is 5.24. The van der Waals surface area contributed by atoms with Gasteiger partial charge in [-0.05, 0) is 54.1 Å². The Morgan fingerprint density at radius 3 is 2.38 bits per heavy atom. The van der Waals surface area contributed by atoms with Crippen molar-refractivity contribution in [2.75, 3.05) is 46.9 Å². The second-order valence-electron chi connectivity index (χ2n) is 8.41. The van der Waals surface area contributed by atoms with Gasteiger partial charge in [0.05, 0.1) is 13.7 Å². The molecule has 0 saturated carbocycles. The summed E-state index contributed by atoms with van der Waals surface area (Å²) in [4.78, 5) is 23.2. The van der Waals surface area contributed by atoms with E-state index >= 15 is 0 Å². The largest absolute Gasteiger partial charge is 0.497 e. The van der Waals surface area contributed by atoms with Crippen LogP contribution >= 0.6 is 0 Å². The molecule has 0 bridgehead atoms. The summed E-state index contributed by atoms with van der Waals surface area (Å²) in [5.41, 5.74) is 2.98. The highest BCUT2D eigenvalue weighted by Gasteiger charge is 2.23. The Hall–Kier alpha value is -3.72. The first-order chi connectivity index (χ1) is 16.3. The molecule has 180 valence electrons. The van der Waals surface area contributed by atoms with Gasteiger partial charge in [0.1, 0.15) is 11.6 Å². The minimum Gasteiger partial charge on any atom is -0.497 e. The van der Waals surface area contributed by atoms with E-state index in [1.165, 1.54) is 0 Å². The fourth-order valence-corrected chi connectivity index (χ4v) is 3.81. The molecule has 34 heavy (non-hydrogen) atoms. The third-order valence-corrected chi connectivity index (χ3v) is 5.74. The van der Waals surface area contributed by atoms with E-state index in [-0.39, 0.29) is 11.8 Å². The van der Waals surface area contributed by atoms with Gasteiger partial charge in [0, 0.05) is 38.9 Å². The average Bonchev–Trinajstić information content (AvgIpc) is 2.85. The van der Waals surface area contributed by atoms with Gasteiger partial charge in [0.2, 0.25) is 5.91 Å². The van der Waals surface area contributed by atoms with Gasteiger partial charge < -0.3 is 19.4 Å². The first-order valence-electron chi connectivity index (χ1n) is 11.4. The fraction of sp³-hybridized carbons (Fsp3) is 0.357. The van der Waals surface area contributed by atoms with Crippen molar-refractivity contribution < 1.29 is 9.53 Å². The zero-order valence-electron chi connectivity index (χ0n) is 20.8. The highest BCUT2D eigenvalue weighted by atomic mass is 16.5. The number of benzene rings is 1. The van der Waals surface area contributed by atoms with E-state index in [9.17, 15) is 4.79 Å². The minimum atomic E-state index is 0.105. The summed E-state index contributed by atoms with van der Waals surface area (Å²) in [6.45, 7) is 15.1. The van der Waals surface area contributed by atoms with Gasteiger partial charge >= 0.3 is 0 Å². The zero-order chi connectivity index (χ0) is 25.1. The van der Waals surface area contributed by atoms with E-state index in [0.717, 1.165) is 28.4 Å². The quantitative estimate of drug-likeness (QED) is 0.300. The fourth-order valence-electron chi connectivity index (χ4n) is 3.81. The molecule has 0 spiro atoms. The lowest BCUT2D eigenvalue weighted by Gasteiger charge is -2.37. The van der Waals surface area contributed by atoms with Crippen molar-refractivity contribution >= 4 is 18.2 Å². The molecule has 0 aromatic heterocycles. The van der Waals surface area contributed by atoms with Crippen LogP contribution in [0.2, 0.25) is 0 Å². The number of carbonyl (C=O) groups is 1. The van der Waals surface area contributed by atoms with E-state index in [0.29, 0.717) is 32.7 Å². The molecule has 1 aromatic rings. The third-order valence-electron chi connectivity index (χ3n) is 5.74. The Morgan fingerprint density at radius 1 is 1.24 bits per heavy atom. The number of nitrogens with zero attached hydrogens (tertiary/aromatic N) is 4. The Bertz CT molecular complexity index is 988. The molecule has 1 amide bonds. The normalized spacial score (nSPS) is 14.8. The van der Waals surface area contributed by atoms with Crippen LogP contribution in [0, 0.1) is 18.3 Å². The van der Waals surface area contributed by atoms with Crippen LogP contribution in [0.25, 0.3) is 5.57 Å². The number of methoxy groups -OCH3 is 1. The van der Waals surface area contributed by atoms with Crippen molar-refractivity contribution in [2.24, 2.45) is 10.9 Å². The van der Waals surface area contributed by atoms with E-state index < -0.39 is 0 Å². The van der Waals surface area contributed by atoms with Gasteiger partial charge in [-0.25, -0.2) is 4.99 Å². The van der Waals surface area contributed by atoms with Gasteiger partial charge in [0.25, 0.3) is 0 Å². The van der Waals surface area contributed by atoms with Crippen molar-refractivity contribution in [1.29, 1.82) is 0 Å². The molecule has 1 aromatic carbocycles. The first-order valence-corrected chi connectivity index (χ1v) is 11.4. The molecule has 0 unspecified atom stereocenters. The van der Waals surface area contributed by atoms with Crippen LogP contribution in [-0.4, -0.2) is 74.2 Å². The van der Waals surface area contributed by atoms with Crippen LogP contribution in [-0.2, 0) is 4.79 Å². The number of piperazine rings is 1. The van der Waals surface area contributed by atoms with Crippen molar-refractivity contribution in [3.8, 4) is 18.1 Å². The first kappa shape index (κ1) is 26.5. The van der Waals surface area contributed by atoms with Gasteiger partial charge in [0.15, 0.2) is 0 Å². The molecule has 1 aliphatic rings. The van der Waals surface area contributed by atoms with Gasteiger partial charge in [-0.2, -0.15) is 0 Å². The molecule has 2 rings (SSSR count). The number of terminal acetylenes is 1. The molecule has 1 aliphatic heterocycles. The number of carbonyl (C=O) groups excluding carboxylic acids is 1. The van der Waals surface area contributed by atoms with Gasteiger partial charge in [-0.1, -0.05) is 44.6 Å². The van der Waals surface area contributed by atoms with Crippen LogP contribution in [0.4, 0.5) is 0 Å². The highest BCUT2D eigenvalue weighted by molar-refractivity contribution is 5.79. The molecule has 6 heteroatoms. The second kappa shape index (κ2) is 13.1. The maximum atomic E-state index is 13.0. The SMILES string of the molecule is C#C/C=C\C=C(/N=C)N1CCN(C(=O)CN(C)/C(=C\C(=C)c2ccc(OC)cc2)C(C)C)CC1. The van der Waals surface area contributed by atoms with Crippen LogP contribution in [0.5, 0.6) is 5.75 Å². The maximum Gasteiger partial charge on any atom is 0.242 e. The highest BCUT2D eigenvalue weighted by Crippen LogP contribution is 2.23.